The molecule has 1 atom stereocenters. The molecule has 0 fully saturated rings. The highest BCUT2D eigenvalue weighted by atomic mass is 127. The highest BCUT2D eigenvalue weighted by molar-refractivity contribution is 14.1. The third-order valence-electron chi connectivity index (χ3n) is 3.81. The van der Waals surface area contributed by atoms with Crippen molar-refractivity contribution in [1.29, 1.82) is 0 Å². The van der Waals surface area contributed by atoms with E-state index in [1.54, 1.807) is 17.5 Å². The van der Waals surface area contributed by atoms with Crippen LogP contribution in [0.2, 0.25) is 0 Å². The number of thiazole rings is 1. The lowest BCUT2D eigenvalue weighted by atomic mass is 10.1. The summed E-state index contributed by atoms with van der Waals surface area (Å²) in [5, 5.41) is 25.6. The largest absolute Gasteiger partial charge is 0.480 e. The molecule has 7 nitrogen and oxygen atoms in total. The molecule has 0 aliphatic carbocycles. The van der Waals surface area contributed by atoms with Gasteiger partial charge in [-0.2, -0.15) is 0 Å². The first-order chi connectivity index (χ1) is 12.9. The van der Waals surface area contributed by atoms with E-state index in [4.69, 9.17) is 0 Å². The van der Waals surface area contributed by atoms with Crippen LogP contribution in [0.25, 0.3) is 11.3 Å². The number of hydrogen-bond donors (Lipinski definition) is 2. The quantitative estimate of drug-likeness (QED) is 0.286. The van der Waals surface area contributed by atoms with Gasteiger partial charge in [-0.05, 0) is 40.3 Å². The van der Waals surface area contributed by atoms with E-state index in [2.05, 4.69) is 32.9 Å². The van der Waals surface area contributed by atoms with Gasteiger partial charge in [-0.1, -0.05) is 24.3 Å². The van der Waals surface area contributed by atoms with Crippen LogP contribution >= 0.6 is 33.9 Å². The van der Waals surface area contributed by atoms with E-state index in [-0.39, 0.29) is 5.69 Å². The average molecular weight is 495 g/mol. The highest BCUT2D eigenvalue weighted by Gasteiger charge is 2.20. The first kappa shape index (κ1) is 19.2. The number of non-ortho nitro benzene ring substituents is 1. The van der Waals surface area contributed by atoms with Crippen LogP contribution in [0.1, 0.15) is 5.56 Å². The lowest BCUT2D eigenvalue weighted by molar-refractivity contribution is -0.384. The van der Waals surface area contributed by atoms with Crippen molar-refractivity contribution in [3.05, 3.63) is 73.2 Å². The number of carboxylic acid groups (broad SMARTS) is 1. The minimum absolute atomic E-state index is 0.0165. The molecule has 1 unspecified atom stereocenters. The summed E-state index contributed by atoms with van der Waals surface area (Å²) in [5.74, 6) is -0.972. The molecule has 0 saturated carbocycles. The Balaban J connectivity index is 1.76. The second-order valence-electron chi connectivity index (χ2n) is 5.71. The Hall–Kier alpha value is -2.53. The Labute approximate surface area is 172 Å². The van der Waals surface area contributed by atoms with Crippen molar-refractivity contribution in [2.75, 3.05) is 5.32 Å². The Kier molecular flexibility index (Phi) is 6.01. The van der Waals surface area contributed by atoms with E-state index in [0.717, 1.165) is 9.13 Å². The molecule has 138 valence electrons. The van der Waals surface area contributed by atoms with Gasteiger partial charge in [0.1, 0.15) is 6.04 Å². The summed E-state index contributed by atoms with van der Waals surface area (Å²) in [6, 6.07) is 13.0. The maximum atomic E-state index is 11.6. The van der Waals surface area contributed by atoms with Crippen molar-refractivity contribution >= 4 is 50.7 Å². The Morgan fingerprint density at radius 1 is 1.30 bits per heavy atom. The molecule has 1 heterocycles. The maximum Gasteiger partial charge on any atom is 0.326 e. The molecule has 0 saturated heterocycles. The van der Waals surface area contributed by atoms with E-state index >= 15 is 0 Å². The summed E-state index contributed by atoms with van der Waals surface area (Å²) in [6.07, 6.45) is 0.317. The molecule has 0 radical (unpaired) electrons. The van der Waals surface area contributed by atoms with Gasteiger partial charge in [0.05, 0.1) is 10.6 Å². The lowest BCUT2D eigenvalue weighted by Crippen LogP contribution is -2.31. The van der Waals surface area contributed by atoms with Crippen LogP contribution in [0.15, 0.2) is 53.9 Å². The molecule has 0 aliphatic heterocycles. The van der Waals surface area contributed by atoms with Gasteiger partial charge in [0.2, 0.25) is 0 Å². The Morgan fingerprint density at radius 2 is 2.04 bits per heavy atom. The van der Waals surface area contributed by atoms with Crippen LogP contribution in [0.3, 0.4) is 0 Å². The van der Waals surface area contributed by atoms with E-state index in [1.165, 1.54) is 23.5 Å². The monoisotopic (exact) mass is 495 g/mol. The third-order valence-corrected chi connectivity index (χ3v) is 5.30. The molecule has 27 heavy (non-hydrogen) atoms. The molecule has 3 aromatic rings. The van der Waals surface area contributed by atoms with Crippen molar-refractivity contribution in [1.82, 2.24) is 4.98 Å². The van der Waals surface area contributed by atoms with Gasteiger partial charge in [0, 0.05) is 33.1 Å². The predicted octanol–water partition coefficient (Wildman–Crippen LogP) is 4.43. The fraction of sp³-hybridized carbons (Fsp3) is 0.111. The molecule has 0 bridgehead atoms. The van der Waals surface area contributed by atoms with E-state index < -0.39 is 16.9 Å². The summed E-state index contributed by atoms with van der Waals surface area (Å²) in [4.78, 5) is 26.4. The molecule has 2 aromatic carbocycles. The van der Waals surface area contributed by atoms with Crippen LogP contribution in [-0.4, -0.2) is 27.0 Å². The van der Waals surface area contributed by atoms with Crippen molar-refractivity contribution in [3.8, 4) is 11.3 Å². The van der Waals surface area contributed by atoms with Crippen LogP contribution < -0.4 is 5.32 Å². The van der Waals surface area contributed by atoms with Gasteiger partial charge in [0.15, 0.2) is 5.13 Å². The van der Waals surface area contributed by atoms with Crippen molar-refractivity contribution in [2.45, 2.75) is 12.5 Å². The zero-order valence-corrected chi connectivity index (χ0v) is 16.8. The van der Waals surface area contributed by atoms with Crippen LogP contribution in [-0.2, 0) is 11.2 Å². The average Bonchev–Trinajstić information content (AvgIpc) is 3.11. The lowest BCUT2D eigenvalue weighted by Gasteiger charge is -2.13. The molecule has 0 aliphatic rings. The number of carboxylic acids is 1. The highest BCUT2D eigenvalue weighted by Crippen LogP contribution is 2.28. The maximum absolute atomic E-state index is 11.6. The van der Waals surface area contributed by atoms with Crippen LogP contribution in [0.5, 0.6) is 0 Å². The number of aromatic nitrogens is 1. The fourth-order valence-electron chi connectivity index (χ4n) is 2.46. The van der Waals surface area contributed by atoms with Gasteiger partial charge in [0.25, 0.3) is 5.69 Å². The van der Waals surface area contributed by atoms with E-state index in [9.17, 15) is 20.0 Å². The normalized spacial score (nSPS) is 11.7. The van der Waals surface area contributed by atoms with Crippen molar-refractivity contribution in [3.63, 3.8) is 0 Å². The molecule has 9 heteroatoms. The molecule has 1 aromatic heterocycles. The number of benzene rings is 2. The topological polar surface area (TPSA) is 105 Å². The first-order valence-electron chi connectivity index (χ1n) is 7.86. The zero-order valence-electron chi connectivity index (χ0n) is 13.8. The molecular formula is C18H14IN3O4S. The first-order valence-corrected chi connectivity index (χ1v) is 9.82. The van der Waals surface area contributed by atoms with Crippen molar-refractivity contribution in [2.24, 2.45) is 0 Å². The van der Waals surface area contributed by atoms with Gasteiger partial charge < -0.3 is 10.4 Å². The SMILES string of the molecule is O=C(O)C(Cc1ccc(I)cc1)Nc1nc(-c2cccc([N+](=O)[O-])c2)cs1. The molecule has 0 amide bonds. The van der Waals surface area contributed by atoms with E-state index in [1.807, 2.05) is 24.3 Å². The predicted molar refractivity (Wildman–Crippen MR) is 112 cm³/mol. The molecule has 3 rings (SSSR count). The number of nitrogens with zero attached hydrogens (tertiary/aromatic N) is 2. The second kappa shape index (κ2) is 8.44. The summed E-state index contributed by atoms with van der Waals surface area (Å²) < 4.78 is 1.08. The van der Waals surface area contributed by atoms with Crippen LogP contribution in [0, 0.1) is 13.7 Å². The van der Waals surface area contributed by atoms with Gasteiger partial charge in [-0.3, -0.25) is 10.1 Å². The number of nitro benzene ring substituents is 1. The summed E-state index contributed by atoms with van der Waals surface area (Å²) in [5.41, 5.74) is 2.06. The third kappa shape index (κ3) is 5.01. The fourth-order valence-corrected chi connectivity index (χ4v) is 3.59. The minimum Gasteiger partial charge on any atom is -0.480 e. The summed E-state index contributed by atoms with van der Waals surface area (Å²) in [7, 11) is 0. The summed E-state index contributed by atoms with van der Waals surface area (Å²) >= 11 is 3.46. The number of rotatable bonds is 7. The standard InChI is InChI=1S/C18H14IN3O4S/c19-13-6-4-11(5-7-13)8-15(17(23)24)20-18-21-16(10-27-18)12-2-1-3-14(9-12)22(25)26/h1-7,9-10,15H,8H2,(H,20,21)(H,23,24). The summed E-state index contributed by atoms with van der Waals surface area (Å²) in [6.45, 7) is 0. The molecule has 0 spiro atoms. The second-order valence-corrected chi connectivity index (χ2v) is 7.81. The van der Waals surface area contributed by atoms with Crippen molar-refractivity contribution < 1.29 is 14.8 Å². The number of anilines is 1. The van der Waals surface area contributed by atoms with Gasteiger partial charge in [-0.25, -0.2) is 9.78 Å². The number of nitro groups is 1. The number of nitrogens with one attached hydrogen (secondary N) is 1. The minimum atomic E-state index is -0.972. The van der Waals surface area contributed by atoms with Gasteiger partial charge >= 0.3 is 5.97 Å². The Morgan fingerprint density at radius 3 is 2.70 bits per heavy atom. The van der Waals surface area contributed by atoms with E-state index in [0.29, 0.717) is 22.8 Å². The number of carbonyl (C=O) groups is 1. The van der Waals surface area contributed by atoms with Gasteiger partial charge in [-0.15, -0.1) is 11.3 Å². The Bertz CT molecular complexity index is 975. The number of halogens is 1. The molecular weight excluding hydrogens is 481 g/mol. The smallest absolute Gasteiger partial charge is 0.326 e. The van der Waals surface area contributed by atoms with Crippen LogP contribution in [0.4, 0.5) is 10.8 Å². The number of aliphatic carboxylic acids is 1. The zero-order chi connectivity index (χ0) is 19.4. The molecule has 2 N–H and O–H groups in total. The number of hydrogen-bond acceptors (Lipinski definition) is 6.